The molecular weight excluding hydrogens is 332 g/mol. The van der Waals surface area contributed by atoms with E-state index in [2.05, 4.69) is 27.5 Å². The number of benzene rings is 1. The summed E-state index contributed by atoms with van der Waals surface area (Å²) in [5.41, 5.74) is 4.20. The largest absolute Gasteiger partial charge is 0.355 e. The summed E-state index contributed by atoms with van der Waals surface area (Å²) in [5, 5.41) is 7.35. The van der Waals surface area contributed by atoms with Crippen molar-refractivity contribution in [3.63, 3.8) is 0 Å². The molecular formula is C19H22N4OS. The number of aromatic nitrogens is 3. The van der Waals surface area contributed by atoms with Gasteiger partial charge in [0.1, 0.15) is 0 Å². The third-order valence-corrected chi connectivity index (χ3v) is 4.80. The van der Waals surface area contributed by atoms with Crippen LogP contribution in [0.1, 0.15) is 23.2 Å². The van der Waals surface area contributed by atoms with Crippen molar-refractivity contribution in [2.24, 2.45) is 0 Å². The summed E-state index contributed by atoms with van der Waals surface area (Å²) in [7, 11) is 0. The van der Waals surface area contributed by atoms with Gasteiger partial charge in [0.25, 0.3) is 0 Å². The molecule has 1 amide bonds. The van der Waals surface area contributed by atoms with Crippen molar-refractivity contribution < 1.29 is 4.79 Å². The molecule has 5 nitrogen and oxygen atoms in total. The average Bonchev–Trinajstić information content (AvgIpc) is 2.99. The number of hydrogen-bond donors (Lipinski definition) is 1. The topological polar surface area (TPSA) is 59.3 Å². The molecule has 3 aromatic rings. The third-order valence-electron chi connectivity index (χ3n) is 3.80. The highest BCUT2D eigenvalue weighted by Gasteiger charge is 2.03. The fraction of sp³-hybridized carbons (Fsp3) is 0.316. The number of thioether (sulfide) groups is 1. The first-order chi connectivity index (χ1) is 12.2. The average molecular weight is 354 g/mol. The first kappa shape index (κ1) is 17.5. The minimum atomic E-state index is 0.0946. The predicted molar refractivity (Wildman–Crippen MR) is 102 cm³/mol. The molecule has 130 valence electrons. The van der Waals surface area contributed by atoms with E-state index in [1.807, 2.05) is 48.1 Å². The van der Waals surface area contributed by atoms with Crippen LogP contribution in [0.25, 0.3) is 5.65 Å². The van der Waals surface area contributed by atoms with Gasteiger partial charge >= 0.3 is 0 Å². The van der Waals surface area contributed by atoms with Gasteiger partial charge in [-0.3, -0.25) is 4.79 Å². The van der Waals surface area contributed by atoms with Crippen LogP contribution in [0.2, 0.25) is 0 Å². The Kier molecular flexibility index (Phi) is 6.06. The molecule has 25 heavy (non-hydrogen) atoms. The van der Waals surface area contributed by atoms with Crippen molar-refractivity contribution in [1.82, 2.24) is 19.9 Å². The van der Waals surface area contributed by atoms with E-state index in [1.165, 1.54) is 5.56 Å². The van der Waals surface area contributed by atoms with Crippen LogP contribution in [0.15, 0.2) is 48.8 Å². The molecule has 0 saturated carbocycles. The zero-order chi connectivity index (χ0) is 17.5. The Morgan fingerprint density at radius 1 is 1.24 bits per heavy atom. The van der Waals surface area contributed by atoms with Gasteiger partial charge < -0.3 is 5.32 Å². The van der Waals surface area contributed by atoms with Gasteiger partial charge in [0.15, 0.2) is 5.65 Å². The van der Waals surface area contributed by atoms with Crippen molar-refractivity contribution in [1.29, 1.82) is 0 Å². The lowest BCUT2D eigenvalue weighted by Gasteiger charge is -2.06. The van der Waals surface area contributed by atoms with Crippen molar-refractivity contribution in [3.8, 4) is 0 Å². The van der Waals surface area contributed by atoms with Crippen LogP contribution in [0, 0.1) is 6.92 Å². The standard InChI is InChI=1S/C19H22N4OS/c1-15-10-18-21-11-17(12-23(18)22-15)8-5-9-20-19(24)14-25-13-16-6-3-2-4-7-16/h2-4,6-7,10-12H,5,8-9,13-14H2,1H3,(H,20,24). The third kappa shape index (κ3) is 5.32. The monoisotopic (exact) mass is 354 g/mol. The predicted octanol–water partition coefficient (Wildman–Crippen LogP) is 3.02. The molecule has 3 rings (SSSR count). The Hall–Kier alpha value is -2.34. The highest BCUT2D eigenvalue weighted by molar-refractivity contribution is 7.99. The van der Waals surface area contributed by atoms with Gasteiger partial charge in [0, 0.05) is 30.8 Å². The van der Waals surface area contributed by atoms with E-state index in [9.17, 15) is 4.79 Å². The number of fused-ring (bicyclic) bond motifs is 1. The van der Waals surface area contributed by atoms with Crippen LogP contribution in [-0.4, -0.2) is 32.8 Å². The molecule has 0 aliphatic heterocycles. The molecule has 0 unspecified atom stereocenters. The molecule has 1 aromatic carbocycles. The maximum absolute atomic E-state index is 11.9. The Labute approximate surface area is 151 Å². The number of nitrogens with one attached hydrogen (secondary N) is 1. The summed E-state index contributed by atoms with van der Waals surface area (Å²) < 4.78 is 1.81. The highest BCUT2D eigenvalue weighted by Crippen LogP contribution is 2.11. The van der Waals surface area contributed by atoms with Crippen LogP contribution in [0.4, 0.5) is 0 Å². The van der Waals surface area contributed by atoms with Gasteiger partial charge in [0.2, 0.25) is 5.91 Å². The molecule has 0 fully saturated rings. The Bertz CT molecular complexity index is 832. The summed E-state index contributed by atoms with van der Waals surface area (Å²) in [6, 6.07) is 12.2. The molecule has 0 radical (unpaired) electrons. The molecule has 0 bridgehead atoms. The summed E-state index contributed by atoms with van der Waals surface area (Å²) in [4.78, 5) is 16.3. The molecule has 6 heteroatoms. The van der Waals surface area contributed by atoms with Crippen LogP contribution < -0.4 is 5.32 Å². The first-order valence-electron chi connectivity index (χ1n) is 8.40. The van der Waals surface area contributed by atoms with Gasteiger partial charge in [-0.15, -0.1) is 11.8 Å². The minimum absolute atomic E-state index is 0.0946. The molecule has 2 heterocycles. The Balaban J connectivity index is 1.33. The number of hydrogen-bond acceptors (Lipinski definition) is 4. The summed E-state index contributed by atoms with van der Waals surface area (Å²) >= 11 is 1.64. The molecule has 0 atom stereocenters. The maximum atomic E-state index is 11.9. The molecule has 2 aromatic heterocycles. The van der Waals surface area contributed by atoms with Gasteiger partial charge in [-0.05, 0) is 30.9 Å². The summed E-state index contributed by atoms with van der Waals surface area (Å²) in [5.74, 6) is 1.45. The molecule has 0 saturated heterocycles. The SMILES string of the molecule is Cc1cc2ncc(CCCNC(=O)CSCc3ccccc3)cn2n1. The zero-order valence-corrected chi connectivity index (χ0v) is 15.1. The lowest BCUT2D eigenvalue weighted by molar-refractivity contribution is -0.118. The molecule has 1 N–H and O–H groups in total. The Morgan fingerprint density at radius 2 is 2.08 bits per heavy atom. The zero-order valence-electron chi connectivity index (χ0n) is 14.3. The lowest BCUT2D eigenvalue weighted by atomic mass is 10.2. The normalized spacial score (nSPS) is 10.9. The van der Waals surface area contributed by atoms with E-state index >= 15 is 0 Å². The summed E-state index contributed by atoms with van der Waals surface area (Å²) in [6.07, 6.45) is 5.66. The Morgan fingerprint density at radius 3 is 2.92 bits per heavy atom. The second-order valence-corrected chi connectivity index (χ2v) is 6.97. The number of carbonyl (C=O) groups is 1. The fourth-order valence-corrected chi connectivity index (χ4v) is 3.39. The van der Waals surface area contributed by atoms with Gasteiger partial charge in [-0.2, -0.15) is 5.10 Å². The van der Waals surface area contributed by atoms with Crippen molar-refractivity contribution in [3.05, 3.63) is 65.6 Å². The number of carbonyl (C=O) groups excluding carboxylic acids is 1. The van der Waals surface area contributed by atoms with E-state index < -0.39 is 0 Å². The van der Waals surface area contributed by atoms with Gasteiger partial charge in [-0.1, -0.05) is 30.3 Å². The smallest absolute Gasteiger partial charge is 0.230 e. The second kappa shape index (κ2) is 8.67. The van der Waals surface area contributed by atoms with Crippen LogP contribution in [0.5, 0.6) is 0 Å². The molecule has 0 aliphatic carbocycles. The number of nitrogens with zero attached hydrogens (tertiary/aromatic N) is 3. The van der Waals surface area contributed by atoms with E-state index in [-0.39, 0.29) is 5.91 Å². The number of aryl methyl sites for hydroxylation is 2. The van der Waals surface area contributed by atoms with E-state index in [0.717, 1.165) is 35.5 Å². The van der Waals surface area contributed by atoms with Crippen molar-refractivity contribution in [2.45, 2.75) is 25.5 Å². The summed E-state index contributed by atoms with van der Waals surface area (Å²) in [6.45, 7) is 2.64. The van der Waals surface area contributed by atoms with Crippen molar-refractivity contribution in [2.75, 3.05) is 12.3 Å². The number of rotatable bonds is 8. The van der Waals surface area contributed by atoms with Crippen LogP contribution >= 0.6 is 11.8 Å². The number of amides is 1. The molecule has 0 aliphatic rings. The van der Waals surface area contributed by atoms with E-state index in [0.29, 0.717) is 12.3 Å². The highest BCUT2D eigenvalue weighted by atomic mass is 32.2. The maximum Gasteiger partial charge on any atom is 0.230 e. The first-order valence-corrected chi connectivity index (χ1v) is 9.55. The quantitative estimate of drug-likeness (QED) is 0.632. The van der Waals surface area contributed by atoms with E-state index in [4.69, 9.17) is 0 Å². The minimum Gasteiger partial charge on any atom is -0.355 e. The van der Waals surface area contributed by atoms with E-state index in [1.54, 1.807) is 11.8 Å². The van der Waals surface area contributed by atoms with Gasteiger partial charge in [-0.25, -0.2) is 9.50 Å². The van der Waals surface area contributed by atoms with Crippen LogP contribution in [0.3, 0.4) is 0 Å². The van der Waals surface area contributed by atoms with Crippen LogP contribution in [-0.2, 0) is 17.0 Å². The fourth-order valence-electron chi connectivity index (χ4n) is 2.57. The molecule has 0 spiro atoms. The second-order valence-electron chi connectivity index (χ2n) is 5.98. The van der Waals surface area contributed by atoms with Crippen molar-refractivity contribution >= 4 is 23.3 Å². The van der Waals surface area contributed by atoms with Gasteiger partial charge in [0.05, 0.1) is 11.4 Å². The lowest BCUT2D eigenvalue weighted by Crippen LogP contribution is -2.26.